The van der Waals surface area contributed by atoms with Crippen molar-refractivity contribution in [1.29, 1.82) is 0 Å². The fourth-order valence-corrected chi connectivity index (χ4v) is 1.66. The minimum Gasteiger partial charge on any atom is -0.497 e. The second-order valence-electron chi connectivity index (χ2n) is 3.97. The Kier molecular flexibility index (Phi) is 3.28. The molecule has 2 rings (SSSR count). The van der Waals surface area contributed by atoms with Crippen molar-refractivity contribution in [3.05, 3.63) is 47.7 Å². The predicted molar refractivity (Wildman–Crippen MR) is 68.5 cm³/mol. The number of allylic oxidation sites excluding steroid dienone is 3. The molecule has 4 nitrogen and oxygen atoms in total. The van der Waals surface area contributed by atoms with E-state index in [2.05, 4.69) is 5.32 Å². The van der Waals surface area contributed by atoms with Gasteiger partial charge < -0.3 is 10.1 Å². The topological polar surface area (TPSA) is 55.4 Å². The van der Waals surface area contributed by atoms with Crippen LogP contribution in [0.4, 0.5) is 5.69 Å². The highest BCUT2D eigenvalue weighted by atomic mass is 16.5. The van der Waals surface area contributed by atoms with Gasteiger partial charge in [0, 0.05) is 17.3 Å². The number of carbonyl (C=O) groups is 2. The zero-order valence-electron chi connectivity index (χ0n) is 10.2. The van der Waals surface area contributed by atoms with Crippen LogP contribution in [0.2, 0.25) is 0 Å². The standard InChI is InChI=1S/C14H13NO3/c1-9-7-11(16)8-13(14(9)17)15-10-3-5-12(18-2)6-4-10/h3-8,15H,1-2H3. The molecule has 0 aromatic heterocycles. The molecule has 4 heteroatoms. The first-order valence-corrected chi connectivity index (χ1v) is 5.50. The molecule has 0 atom stereocenters. The van der Waals surface area contributed by atoms with Crippen LogP contribution in [0, 0.1) is 0 Å². The monoisotopic (exact) mass is 243 g/mol. The maximum atomic E-state index is 11.8. The molecular formula is C14H13NO3. The number of hydrogen-bond donors (Lipinski definition) is 1. The van der Waals surface area contributed by atoms with E-state index < -0.39 is 0 Å². The molecule has 0 saturated carbocycles. The number of carbonyl (C=O) groups excluding carboxylic acids is 2. The molecule has 0 amide bonds. The molecule has 0 heterocycles. The van der Waals surface area contributed by atoms with Crippen molar-refractivity contribution in [3.63, 3.8) is 0 Å². The van der Waals surface area contributed by atoms with Crippen molar-refractivity contribution in [2.24, 2.45) is 0 Å². The zero-order valence-corrected chi connectivity index (χ0v) is 10.2. The van der Waals surface area contributed by atoms with E-state index in [0.29, 0.717) is 11.3 Å². The van der Waals surface area contributed by atoms with Crippen LogP contribution in [0.5, 0.6) is 5.75 Å². The molecule has 0 radical (unpaired) electrons. The van der Waals surface area contributed by atoms with Crippen molar-refractivity contribution >= 4 is 17.3 Å². The lowest BCUT2D eigenvalue weighted by Gasteiger charge is -2.13. The number of hydrogen-bond acceptors (Lipinski definition) is 4. The highest BCUT2D eigenvalue weighted by Gasteiger charge is 2.18. The second kappa shape index (κ2) is 4.87. The first kappa shape index (κ1) is 12.1. The number of rotatable bonds is 3. The lowest BCUT2D eigenvalue weighted by molar-refractivity contribution is -0.115. The fraction of sp³-hybridized carbons (Fsp3) is 0.143. The lowest BCUT2D eigenvalue weighted by Crippen LogP contribution is -2.18. The summed E-state index contributed by atoms with van der Waals surface area (Å²) in [4.78, 5) is 23.2. The molecular weight excluding hydrogens is 230 g/mol. The van der Waals surface area contributed by atoms with Gasteiger partial charge in [-0.1, -0.05) is 0 Å². The van der Waals surface area contributed by atoms with Crippen molar-refractivity contribution in [1.82, 2.24) is 0 Å². The van der Waals surface area contributed by atoms with Crippen LogP contribution < -0.4 is 10.1 Å². The van der Waals surface area contributed by atoms with Crippen molar-refractivity contribution in [2.75, 3.05) is 12.4 Å². The molecule has 1 aromatic carbocycles. The Bertz CT molecular complexity index is 553. The fourth-order valence-electron chi connectivity index (χ4n) is 1.66. The third kappa shape index (κ3) is 2.48. The number of ketones is 2. The van der Waals surface area contributed by atoms with E-state index in [1.807, 2.05) is 0 Å². The van der Waals surface area contributed by atoms with Crippen LogP contribution in [0.25, 0.3) is 0 Å². The largest absolute Gasteiger partial charge is 0.497 e. The first-order chi connectivity index (χ1) is 8.60. The van der Waals surface area contributed by atoms with Crippen LogP contribution in [0.15, 0.2) is 47.7 Å². The third-order valence-electron chi connectivity index (χ3n) is 2.62. The maximum Gasteiger partial charge on any atom is 0.205 e. The molecule has 0 fully saturated rings. The van der Waals surface area contributed by atoms with Gasteiger partial charge in [-0.05, 0) is 37.3 Å². The SMILES string of the molecule is COc1ccc(NC2=CC(=O)C=C(C)C2=O)cc1. The van der Waals surface area contributed by atoms with Gasteiger partial charge >= 0.3 is 0 Å². The molecule has 1 aliphatic rings. The summed E-state index contributed by atoms with van der Waals surface area (Å²) in [5.74, 6) is 0.394. The number of methoxy groups -OCH3 is 1. The Morgan fingerprint density at radius 1 is 1.06 bits per heavy atom. The van der Waals surface area contributed by atoms with Crippen LogP contribution in [-0.2, 0) is 9.59 Å². The zero-order chi connectivity index (χ0) is 13.1. The van der Waals surface area contributed by atoms with Gasteiger partial charge in [0.15, 0.2) is 5.78 Å². The molecule has 1 N–H and O–H groups in total. The summed E-state index contributed by atoms with van der Waals surface area (Å²) in [5.41, 5.74) is 1.47. The number of Topliss-reactive ketones (excluding diaryl/α,β-unsaturated/α-hetero) is 1. The Morgan fingerprint density at radius 2 is 1.72 bits per heavy atom. The van der Waals surface area contributed by atoms with Gasteiger partial charge in [0.05, 0.1) is 12.8 Å². The minimum absolute atomic E-state index is 0.162. The normalized spacial score (nSPS) is 15.0. The quantitative estimate of drug-likeness (QED) is 0.826. The molecule has 0 spiro atoms. The Morgan fingerprint density at radius 3 is 2.33 bits per heavy atom. The van der Waals surface area contributed by atoms with Gasteiger partial charge in [-0.15, -0.1) is 0 Å². The van der Waals surface area contributed by atoms with Crippen LogP contribution in [-0.4, -0.2) is 18.7 Å². The molecule has 0 saturated heterocycles. The van der Waals surface area contributed by atoms with Crippen molar-refractivity contribution in [2.45, 2.75) is 6.92 Å². The van der Waals surface area contributed by atoms with E-state index in [9.17, 15) is 9.59 Å². The van der Waals surface area contributed by atoms with Gasteiger partial charge in [-0.25, -0.2) is 0 Å². The van der Waals surface area contributed by atoms with Gasteiger partial charge in [0.1, 0.15) is 5.75 Å². The Hall–Kier alpha value is -2.36. The van der Waals surface area contributed by atoms with E-state index in [-0.39, 0.29) is 11.6 Å². The number of benzene rings is 1. The van der Waals surface area contributed by atoms with Crippen LogP contribution in [0.3, 0.4) is 0 Å². The molecule has 18 heavy (non-hydrogen) atoms. The molecule has 0 aliphatic heterocycles. The summed E-state index contributed by atoms with van der Waals surface area (Å²) < 4.78 is 5.04. The average molecular weight is 243 g/mol. The predicted octanol–water partition coefficient (Wildman–Crippen LogP) is 2.09. The Labute approximate surface area is 105 Å². The maximum absolute atomic E-state index is 11.8. The van der Waals surface area contributed by atoms with Gasteiger partial charge in [-0.2, -0.15) is 0 Å². The van der Waals surface area contributed by atoms with E-state index in [1.165, 1.54) is 12.2 Å². The molecule has 0 unspecified atom stereocenters. The van der Waals surface area contributed by atoms with E-state index >= 15 is 0 Å². The number of nitrogens with one attached hydrogen (secondary N) is 1. The summed E-state index contributed by atoms with van der Waals surface area (Å²) in [6.45, 7) is 1.63. The van der Waals surface area contributed by atoms with E-state index in [1.54, 1.807) is 38.3 Å². The minimum atomic E-state index is -0.178. The second-order valence-corrected chi connectivity index (χ2v) is 3.97. The molecule has 1 aromatic rings. The van der Waals surface area contributed by atoms with E-state index in [0.717, 1.165) is 11.4 Å². The average Bonchev–Trinajstić information content (AvgIpc) is 2.36. The van der Waals surface area contributed by atoms with Gasteiger partial charge in [0.25, 0.3) is 0 Å². The van der Waals surface area contributed by atoms with Crippen LogP contribution >= 0.6 is 0 Å². The number of ether oxygens (including phenoxy) is 1. The summed E-state index contributed by atoms with van der Waals surface area (Å²) in [6.07, 6.45) is 2.64. The number of anilines is 1. The summed E-state index contributed by atoms with van der Waals surface area (Å²) in [5, 5.41) is 2.94. The summed E-state index contributed by atoms with van der Waals surface area (Å²) in [7, 11) is 1.59. The van der Waals surface area contributed by atoms with E-state index in [4.69, 9.17) is 4.74 Å². The smallest absolute Gasteiger partial charge is 0.205 e. The summed E-state index contributed by atoms with van der Waals surface area (Å²) >= 11 is 0. The summed E-state index contributed by atoms with van der Waals surface area (Å²) in [6, 6.07) is 7.12. The van der Waals surface area contributed by atoms with Crippen LogP contribution in [0.1, 0.15) is 6.92 Å². The van der Waals surface area contributed by atoms with Gasteiger partial charge in [0.2, 0.25) is 5.78 Å². The van der Waals surface area contributed by atoms with Crippen molar-refractivity contribution in [3.8, 4) is 5.75 Å². The lowest BCUT2D eigenvalue weighted by atomic mass is 10.0. The highest BCUT2D eigenvalue weighted by Crippen LogP contribution is 2.19. The third-order valence-corrected chi connectivity index (χ3v) is 2.62. The highest BCUT2D eigenvalue weighted by molar-refractivity contribution is 6.21. The molecule has 92 valence electrons. The van der Waals surface area contributed by atoms with Crippen molar-refractivity contribution < 1.29 is 14.3 Å². The first-order valence-electron chi connectivity index (χ1n) is 5.50. The van der Waals surface area contributed by atoms with Gasteiger partial charge in [-0.3, -0.25) is 9.59 Å². The molecule has 0 bridgehead atoms. The Balaban J connectivity index is 2.18. The molecule has 1 aliphatic carbocycles.